The number of imidazole rings is 1. The van der Waals surface area contributed by atoms with Crippen LogP contribution in [-0.4, -0.2) is 23.3 Å². The number of nitrogens with zero attached hydrogens (tertiary/aromatic N) is 2. The smallest absolute Gasteiger partial charge is 0.118 e. The van der Waals surface area contributed by atoms with Gasteiger partial charge in [-0.15, -0.1) is 0 Å². The Morgan fingerprint density at radius 1 is 1.04 bits per heavy atom. The summed E-state index contributed by atoms with van der Waals surface area (Å²) in [5, 5.41) is 0. The fraction of sp³-hybridized carbons (Fsp3) is 0.350. The minimum absolute atomic E-state index is 0.611. The molecule has 1 aromatic heterocycles. The number of para-hydroxylation sites is 2. The molecule has 2 aromatic carbocycles. The van der Waals surface area contributed by atoms with Gasteiger partial charge in [0, 0.05) is 13.0 Å². The maximum atomic E-state index is 5.86. The van der Waals surface area contributed by atoms with Crippen LogP contribution >= 0.6 is 0 Å². The lowest BCUT2D eigenvalue weighted by Crippen LogP contribution is -2.09. The van der Waals surface area contributed by atoms with Crippen molar-refractivity contribution in [3.05, 3.63) is 59.9 Å². The van der Waals surface area contributed by atoms with Gasteiger partial charge in [0.25, 0.3) is 0 Å². The van der Waals surface area contributed by atoms with Gasteiger partial charge in [0.1, 0.15) is 11.6 Å². The molecule has 4 heteroatoms. The zero-order valence-corrected chi connectivity index (χ0v) is 14.4. The SMILES string of the molecule is CCCc1nc2ccccc2n1CCOCc1ccc(OC)cc1. The van der Waals surface area contributed by atoms with Crippen molar-refractivity contribution in [3.8, 4) is 5.75 Å². The van der Waals surface area contributed by atoms with Crippen molar-refractivity contribution in [3.63, 3.8) is 0 Å². The number of rotatable bonds is 8. The largest absolute Gasteiger partial charge is 0.497 e. The van der Waals surface area contributed by atoms with E-state index >= 15 is 0 Å². The zero-order chi connectivity index (χ0) is 16.8. The molecule has 0 bridgehead atoms. The van der Waals surface area contributed by atoms with Crippen LogP contribution in [0.5, 0.6) is 5.75 Å². The Bertz CT molecular complexity index is 778. The molecule has 0 saturated carbocycles. The van der Waals surface area contributed by atoms with Crippen LogP contribution < -0.4 is 4.74 Å². The second-order valence-corrected chi connectivity index (χ2v) is 5.82. The minimum atomic E-state index is 0.611. The molecule has 0 N–H and O–H groups in total. The maximum Gasteiger partial charge on any atom is 0.118 e. The first-order valence-electron chi connectivity index (χ1n) is 8.46. The molecule has 0 saturated heterocycles. The molecule has 0 aliphatic carbocycles. The summed E-state index contributed by atoms with van der Waals surface area (Å²) >= 11 is 0. The molecule has 0 amide bonds. The first-order chi connectivity index (χ1) is 11.8. The van der Waals surface area contributed by atoms with Gasteiger partial charge in [-0.05, 0) is 36.2 Å². The molecule has 24 heavy (non-hydrogen) atoms. The summed E-state index contributed by atoms with van der Waals surface area (Å²) in [5.41, 5.74) is 3.41. The molecule has 0 aliphatic rings. The average Bonchev–Trinajstić information content (AvgIpc) is 2.97. The van der Waals surface area contributed by atoms with Gasteiger partial charge in [-0.3, -0.25) is 0 Å². The van der Waals surface area contributed by atoms with Crippen molar-refractivity contribution >= 4 is 11.0 Å². The standard InChI is InChI=1S/C20H24N2O2/c1-3-6-20-21-18-7-4-5-8-19(18)22(20)13-14-24-15-16-9-11-17(23-2)12-10-16/h4-5,7-12H,3,6,13-15H2,1-2H3. The van der Waals surface area contributed by atoms with Crippen molar-refractivity contribution in [2.45, 2.75) is 32.9 Å². The number of methoxy groups -OCH3 is 1. The third kappa shape index (κ3) is 3.77. The highest BCUT2D eigenvalue weighted by Gasteiger charge is 2.09. The van der Waals surface area contributed by atoms with Crippen LogP contribution in [-0.2, 0) is 24.3 Å². The molecule has 0 radical (unpaired) electrons. The fourth-order valence-electron chi connectivity index (χ4n) is 2.86. The molecule has 0 spiro atoms. The van der Waals surface area contributed by atoms with Gasteiger partial charge in [-0.25, -0.2) is 4.98 Å². The molecule has 0 fully saturated rings. The highest BCUT2D eigenvalue weighted by molar-refractivity contribution is 5.75. The molecule has 126 valence electrons. The molecule has 0 unspecified atom stereocenters. The van der Waals surface area contributed by atoms with Gasteiger partial charge in [0.2, 0.25) is 0 Å². The predicted octanol–water partition coefficient (Wildman–Crippen LogP) is 4.21. The van der Waals surface area contributed by atoms with E-state index in [4.69, 9.17) is 14.5 Å². The quantitative estimate of drug-likeness (QED) is 0.582. The second kappa shape index (κ2) is 7.97. The fourth-order valence-corrected chi connectivity index (χ4v) is 2.86. The number of ether oxygens (including phenoxy) is 2. The molecular formula is C20H24N2O2. The number of hydrogen-bond acceptors (Lipinski definition) is 3. The van der Waals surface area contributed by atoms with Gasteiger partial charge in [0.15, 0.2) is 0 Å². The number of fused-ring (bicyclic) bond motifs is 1. The lowest BCUT2D eigenvalue weighted by molar-refractivity contribution is 0.113. The van der Waals surface area contributed by atoms with Gasteiger partial charge in [-0.1, -0.05) is 31.2 Å². The summed E-state index contributed by atoms with van der Waals surface area (Å²) in [6.45, 7) is 4.29. The van der Waals surface area contributed by atoms with E-state index in [1.807, 2.05) is 30.3 Å². The van der Waals surface area contributed by atoms with E-state index in [0.29, 0.717) is 13.2 Å². The first kappa shape index (κ1) is 16.5. The van der Waals surface area contributed by atoms with Crippen LogP contribution in [0.25, 0.3) is 11.0 Å². The summed E-state index contributed by atoms with van der Waals surface area (Å²) in [4.78, 5) is 4.75. The van der Waals surface area contributed by atoms with E-state index in [1.165, 1.54) is 5.52 Å². The lowest BCUT2D eigenvalue weighted by atomic mass is 10.2. The Balaban J connectivity index is 1.61. The van der Waals surface area contributed by atoms with Crippen molar-refractivity contribution < 1.29 is 9.47 Å². The summed E-state index contributed by atoms with van der Waals surface area (Å²) in [7, 11) is 1.68. The van der Waals surface area contributed by atoms with E-state index in [9.17, 15) is 0 Å². The molecule has 3 aromatic rings. The Morgan fingerprint density at radius 2 is 1.83 bits per heavy atom. The zero-order valence-electron chi connectivity index (χ0n) is 14.4. The number of aromatic nitrogens is 2. The van der Waals surface area contributed by atoms with Gasteiger partial charge < -0.3 is 14.0 Å². The Hall–Kier alpha value is -2.33. The molecule has 0 aliphatic heterocycles. The number of hydrogen-bond donors (Lipinski definition) is 0. The van der Waals surface area contributed by atoms with Crippen LogP contribution in [0.2, 0.25) is 0 Å². The number of aryl methyl sites for hydroxylation is 1. The Kier molecular flexibility index (Phi) is 5.49. The summed E-state index contributed by atoms with van der Waals surface area (Å²) in [6, 6.07) is 16.3. The molecule has 4 nitrogen and oxygen atoms in total. The van der Waals surface area contributed by atoms with Crippen LogP contribution in [0, 0.1) is 0 Å². The number of benzene rings is 2. The molecular weight excluding hydrogens is 300 g/mol. The minimum Gasteiger partial charge on any atom is -0.497 e. The van der Waals surface area contributed by atoms with Crippen LogP contribution in [0.4, 0.5) is 0 Å². The van der Waals surface area contributed by atoms with Crippen molar-refractivity contribution in [2.24, 2.45) is 0 Å². The van der Waals surface area contributed by atoms with E-state index < -0.39 is 0 Å². The lowest BCUT2D eigenvalue weighted by Gasteiger charge is -2.10. The second-order valence-electron chi connectivity index (χ2n) is 5.82. The molecule has 1 heterocycles. The van der Waals surface area contributed by atoms with Crippen molar-refractivity contribution in [2.75, 3.05) is 13.7 Å². The Labute approximate surface area is 143 Å². The summed E-state index contributed by atoms with van der Waals surface area (Å²) in [6.07, 6.45) is 2.09. The van der Waals surface area contributed by atoms with E-state index in [0.717, 1.165) is 42.0 Å². The van der Waals surface area contributed by atoms with Crippen molar-refractivity contribution in [1.29, 1.82) is 0 Å². The van der Waals surface area contributed by atoms with Gasteiger partial charge in [-0.2, -0.15) is 0 Å². The topological polar surface area (TPSA) is 36.3 Å². The van der Waals surface area contributed by atoms with Gasteiger partial charge in [0.05, 0.1) is 31.4 Å². The first-order valence-corrected chi connectivity index (χ1v) is 8.46. The normalized spacial score (nSPS) is 11.1. The van der Waals surface area contributed by atoms with Gasteiger partial charge >= 0.3 is 0 Å². The highest BCUT2D eigenvalue weighted by Crippen LogP contribution is 2.17. The summed E-state index contributed by atoms with van der Waals surface area (Å²) in [5.74, 6) is 2.01. The molecule has 0 atom stereocenters. The Morgan fingerprint density at radius 3 is 2.58 bits per heavy atom. The molecule has 3 rings (SSSR count). The van der Waals surface area contributed by atoms with E-state index in [-0.39, 0.29) is 0 Å². The van der Waals surface area contributed by atoms with E-state index in [2.05, 4.69) is 29.7 Å². The van der Waals surface area contributed by atoms with Crippen LogP contribution in [0.15, 0.2) is 48.5 Å². The highest BCUT2D eigenvalue weighted by atomic mass is 16.5. The third-order valence-corrected chi connectivity index (χ3v) is 4.09. The van der Waals surface area contributed by atoms with Crippen LogP contribution in [0.3, 0.4) is 0 Å². The summed E-state index contributed by atoms with van der Waals surface area (Å²) < 4.78 is 13.3. The van der Waals surface area contributed by atoms with Crippen LogP contribution in [0.1, 0.15) is 24.7 Å². The predicted molar refractivity (Wildman–Crippen MR) is 96.4 cm³/mol. The van der Waals surface area contributed by atoms with Crippen molar-refractivity contribution in [1.82, 2.24) is 9.55 Å². The maximum absolute atomic E-state index is 5.86. The monoisotopic (exact) mass is 324 g/mol. The van der Waals surface area contributed by atoms with E-state index in [1.54, 1.807) is 7.11 Å². The third-order valence-electron chi connectivity index (χ3n) is 4.09. The average molecular weight is 324 g/mol.